The molecule has 2 aromatic rings. The van der Waals surface area contributed by atoms with E-state index in [1.165, 1.54) is 5.56 Å². The summed E-state index contributed by atoms with van der Waals surface area (Å²) in [5.41, 5.74) is 3.28. The Morgan fingerprint density at radius 1 is 1.19 bits per heavy atom. The molecule has 2 aromatic carbocycles. The summed E-state index contributed by atoms with van der Waals surface area (Å²) in [5.74, 6) is 0.489. The lowest BCUT2D eigenvalue weighted by molar-refractivity contribution is -0.123. The smallest absolute Gasteiger partial charge is 0.258 e. The molecule has 0 saturated carbocycles. The fourth-order valence-electron chi connectivity index (χ4n) is 2.99. The zero-order valence-electron chi connectivity index (χ0n) is 15.5. The molecular formula is C21H25ClN2O3. The average Bonchev–Trinajstić information content (AvgIpc) is 2.69. The number of ether oxygens (including phenoxy) is 2. The maximum Gasteiger partial charge on any atom is 0.258 e. The van der Waals surface area contributed by atoms with Gasteiger partial charge >= 0.3 is 0 Å². The van der Waals surface area contributed by atoms with Gasteiger partial charge in [0.05, 0.1) is 13.2 Å². The van der Waals surface area contributed by atoms with Crippen LogP contribution in [0.2, 0.25) is 5.02 Å². The molecule has 0 unspecified atom stereocenters. The van der Waals surface area contributed by atoms with Gasteiger partial charge in [-0.2, -0.15) is 0 Å². The molecule has 0 atom stereocenters. The largest absolute Gasteiger partial charge is 0.484 e. The number of benzene rings is 2. The van der Waals surface area contributed by atoms with Crippen molar-refractivity contribution in [1.29, 1.82) is 0 Å². The van der Waals surface area contributed by atoms with Crippen LogP contribution < -0.4 is 10.1 Å². The van der Waals surface area contributed by atoms with E-state index < -0.39 is 0 Å². The van der Waals surface area contributed by atoms with Gasteiger partial charge in [0, 0.05) is 31.2 Å². The van der Waals surface area contributed by atoms with E-state index in [1.54, 1.807) is 12.1 Å². The summed E-state index contributed by atoms with van der Waals surface area (Å²) in [4.78, 5) is 14.5. The summed E-state index contributed by atoms with van der Waals surface area (Å²) < 4.78 is 11.0. The summed E-state index contributed by atoms with van der Waals surface area (Å²) in [6.07, 6.45) is 0. The molecule has 1 amide bonds. The molecule has 0 aromatic heterocycles. The van der Waals surface area contributed by atoms with Crippen molar-refractivity contribution in [2.45, 2.75) is 20.0 Å². The van der Waals surface area contributed by atoms with Gasteiger partial charge in [-0.1, -0.05) is 35.9 Å². The summed E-state index contributed by atoms with van der Waals surface area (Å²) in [6, 6.07) is 13.6. The summed E-state index contributed by atoms with van der Waals surface area (Å²) in [6.45, 7) is 6.68. The molecule has 1 aliphatic rings. The van der Waals surface area contributed by atoms with Gasteiger partial charge in [-0.25, -0.2) is 0 Å². The predicted octanol–water partition coefficient (Wildman–Crippen LogP) is 3.18. The average molecular weight is 389 g/mol. The van der Waals surface area contributed by atoms with Crippen LogP contribution in [-0.2, 0) is 22.6 Å². The van der Waals surface area contributed by atoms with Crippen LogP contribution in [0.3, 0.4) is 0 Å². The zero-order chi connectivity index (χ0) is 19.1. The van der Waals surface area contributed by atoms with E-state index in [-0.39, 0.29) is 12.5 Å². The van der Waals surface area contributed by atoms with Gasteiger partial charge in [-0.15, -0.1) is 0 Å². The number of hydrogen-bond donors (Lipinski definition) is 1. The highest BCUT2D eigenvalue weighted by molar-refractivity contribution is 6.31. The molecule has 144 valence electrons. The first-order valence-electron chi connectivity index (χ1n) is 9.14. The summed E-state index contributed by atoms with van der Waals surface area (Å²) in [7, 11) is 0. The van der Waals surface area contributed by atoms with E-state index in [0.717, 1.165) is 44.0 Å². The molecule has 1 N–H and O–H groups in total. The SMILES string of the molecule is Cc1cc(OCC(=O)NCc2ccccc2CN2CCOCC2)ccc1Cl. The number of carbonyl (C=O) groups is 1. The minimum atomic E-state index is -0.149. The minimum absolute atomic E-state index is 0.0211. The molecule has 6 heteroatoms. The Morgan fingerprint density at radius 2 is 1.93 bits per heavy atom. The van der Waals surface area contributed by atoms with Crippen molar-refractivity contribution >= 4 is 17.5 Å². The Hall–Kier alpha value is -2.08. The summed E-state index contributed by atoms with van der Waals surface area (Å²) >= 11 is 6.00. The maximum atomic E-state index is 12.2. The fraction of sp³-hybridized carbons (Fsp3) is 0.381. The van der Waals surface area contributed by atoms with Crippen molar-refractivity contribution in [3.05, 3.63) is 64.2 Å². The third kappa shape index (κ3) is 5.96. The number of nitrogens with one attached hydrogen (secondary N) is 1. The number of carbonyl (C=O) groups excluding carboxylic acids is 1. The van der Waals surface area contributed by atoms with Gasteiger partial charge in [0.25, 0.3) is 5.91 Å². The highest BCUT2D eigenvalue weighted by Gasteiger charge is 2.13. The third-order valence-corrected chi connectivity index (χ3v) is 5.02. The van der Waals surface area contributed by atoms with Crippen LogP contribution in [-0.4, -0.2) is 43.7 Å². The standard InChI is InChI=1S/C21H25ClN2O3/c1-16-12-19(6-7-20(16)22)27-15-21(25)23-13-17-4-2-3-5-18(17)14-24-8-10-26-11-9-24/h2-7,12H,8-11,13-15H2,1H3,(H,23,25). The number of nitrogens with zero attached hydrogens (tertiary/aromatic N) is 1. The molecule has 1 saturated heterocycles. The highest BCUT2D eigenvalue weighted by Crippen LogP contribution is 2.21. The molecule has 1 fully saturated rings. The topological polar surface area (TPSA) is 50.8 Å². The lowest BCUT2D eigenvalue weighted by atomic mass is 10.1. The third-order valence-electron chi connectivity index (χ3n) is 4.59. The Labute approximate surface area is 165 Å². The van der Waals surface area contributed by atoms with Gasteiger partial charge in [-0.3, -0.25) is 9.69 Å². The van der Waals surface area contributed by atoms with Crippen molar-refractivity contribution in [3.63, 3.8) is 0 Å². The van der Waals surface area contributed by atoms with E-state index in [0.29, 0.717) is 17.3 Å². The van der Waals surface area contributed by atoms with Crippen molar-refractivity contribution in [3.8, 4) is 5.75 Å². The molecule has 5 nitrogen and oxygen atoms in total. The van der Waals surface area contributed by atoms with Crippen LogP contribution in [0.5, 0.6) is 5.75 Å². The number of halogens is 1. The molecule has 1 heterocycles. The normalized spacial score (nSPS) is 14.7. The van der Waals surface area contributed by atoms with Gasteiger partial charge in [-0.05, 0) is 41.8 Å². The second-order valence-electron chi connectivity index (χ2n) is 6.63. The molecule has 0 radical (unpaired) electrons. The number of amides is 1. The lowest BCUT2D eigenvalue weighted by Gasteiger charge is -2.27. The monoisotopic (exact) mass is 388 g/mol. The molecule has 3 rings (SSSR count). The molecular weight excluding hydrogens is 364 g/mol. The van der Waals surface area contributed by atoms with E-state index in [2.05, 4.69) is 22.3 Å². The Balaban J connectivity index is 1.50. The van der Waals surface area contributed by atoms with Gasteiger partial charge in [0.1, 0.15) is 5.75 Å². The van der Waals surface area contributed by atoms with Crippen molar-refractivity contribution in [2.24, 2.45) is 0 Å². The Morgan fingerprint density at radius 3 is 2.67 bits per heavy atom. The van der Waals surface area contributed by atoms with Crippen molar-refractivity contribution in [2.75, 3.05) is 32.9 Å². The van der Waals surface area contributed by atoms with Crippen molar-refractivity contribution < 1.29 is 14.3 Å². The van der Waals surface area contributed by atoms with E-state index in [9.17, 15) is 4.79 Å². The van der Waals surface area contributed by atoms with Gasteiger partial charge < -0.3 is 14.8 Å². The summed E-state index contributed by atoms with van der Waals surface area (Å²) in [5, 5.41) is 3.62. The molecule has 27 heavy (non-hydrogen) atoms. The van der Waals surface area contributed by atoms with Crippen molar-refractivity contribution in [1.82, 2.24) is 10.2 Å². The van der Waals surface area contributed by atoms with E-state index >= 15 is 0 Å². The van der Waals surface area contributed by atoms with E-state index in [1.807, 2.05) is 25.1 Å². The van der Waals surface area contributed by atoms with Crippen LogP contribution in [0.1, 0.15) is 16.7 Å². The fourth-order valence-corrected chi connectivity index (χ4v) is 3.10. The first-order chi connectivity index (χ1) is 13.1. The molecule has 0 aliphatic carbocycles. The second kappa shape index (κ2) is 9.74. The quantitative estimate of drug-likeness (QED) is 0.791. The second-order valence-corrected chi connectivity index (χ2v) is 7.04. The molecule has 0 bridgehead atoms. The van der Waals surface area contributed by atoms with Crippen LogP contribution in [0.15, 0.2) is 42.5 Å². The lowest BCUT2D eigenvalue weighted by Crippen LogP contribution is -2.36. The molecule has 1 aliphatic heterocycles. The first kappa shape index (κ1) is 19.7. The van der Waals surface area contributed by atoms with Crippen LogP contribution >= 0.6 is 11.6 Å². The number of aryl methyl sites for hydroxylation is 1. The van der Waals surface area contributed by atoms with Gasteiger partial charge in [0.2, 0.25) is 0 Å². The van der Waals surface area contributed by atoms with Crippen LogP contribution in [0.25, 0.3) is 0 Å². The highest BCUT2D eigenvalue weighted by atomic mass is 35.5. The zero-order valence-corrected chi connectivity index (χ0v) is 16.3. The minimum Gasteiger partial charge on any atom is -0.484 e. The van der Waals surface area contributed by atoms with E-state index in [4.69, 9.17) is 21.1 Å². The maximum absolute atomic E-state index is 12.2. The Bertz CT molecular complexity index is 776. The van der Waals surface area contributed by atoms with Crippen LogP contribution in [0, 0.1) is 6.92 Å². The Kier molecular flexibility index (Phi) is 7.10. The number of hydrogen-bond acceptors (Lipinski definition) is 4. The number of morpholine rings is 1. The van der Waals surface area contributed by atoms with Gasteiger partial charge in [0.15, 0.2) is 6.61 Å². The predicted molar refractivity (Wildman–Crippen MR) is 106 cm³/mol. The number of rotatable bonds is 7. The first-order valence-corrected chi connectivity index (χ1v) is 9.52. The van der Waals surface area contributed by atoms with Crippen LogP contribution in [0.4, 0.5) is 0 Å². The molecule has 0 spiro atoms.